The molecule has 1 unspecified atom stereocenters. The molecular formula is C26H33NO7-2. The lowest BCUT2D eigenvalue weighted by atomic mass is 10.1. The molecule has 186 valence electrons. The van der Waals surface area contributed by atoms with E-state index in [4.69, 9.17) is 24.5 Å². The number of unbranched alkanes of at least 4 members (excludes halogenated alkanes) is 3. The molecule has 0 saturated heterocycles. The Morgan fingerprint density at radius 2 is 1.41 bits per heavy atom. The number of rotatable bonds is 14. The van der Waals surface area contributed by atoms with E-state index in [1.54, 1.807) is 0 Å². The Morgan fingerprint density at radius 1 is 0.824 bits per heavy atom. The van der Waals surface area contributed by atoms with E-state index in [-0.39, 0.29) is 5.97 Å². The normalized spacial score (nSPS) is 11.1. The molecule has 0 heterocycles. The number of benzene rings is 2. The van der Waals surface area contributed by atoms with Crippen molar-refractivity contribution in [3.63, 3.8) is 0 Å². The topological polar surface area (TPSA) is 139 Å². The number of aryl methyl sites for hydroxylation is 1. The van der Waals surface area contributed by atoms with Gasteiger partial charge in [-0.25, -0.2) is 0 Å². The van der Waals surface area contributed by atoms with Gasteiger partial charge in [0, 0.05) is 13.0 Å². The first kappa shape index (κ1) is 28.8. The maximum atomic E-state index is 11.7. The van der Waals surface area contributed by atoms with Crippen LogP contribution >= 0.6 is 0 Å². The molecule has 0 aliphatic rings. The zero-order valence-corrected chi connectivity index (χ0v) is 19.3. The highest BCUT2D eigenvalue weighted by atomic mass is 16.5. The van der Waals surface area contributed by atoms with E-state index in [1.807, 2.05) is 48.5 Å². The summed E-state index contributed by atoms with van der Waals surface area (Å²) in [6.45, 7) is 1.98. The summed E-state index contributed by atoms with van der Waals surface area (Å²) in [6.07, 6.45) is 5.92. The maximum Gasteiger partial charge on any atom is 0.305 e. The molecule has 1 atom stereocenters. The van der Waals surface area contributed by atoms with Crippen LogP contribution in [0.5, 0.6) is 0 Å². The SMILES string of the molecule is O=C(CCCc1ccccc1)OCCCCCCNCC(O)c1ccccc1.O=C([O-])C(=O)[O-]. The zero-order chi connectivity index (χ0) is 25.0. The van der Waals surface area contributed by atoms with Gasteiger partial charge < -0.3 is 35.0 Å². The fourth-order valence-electron chi connectivity index (χ4n) is 3.08. The Morgan fingerprint density at radius 3 is 2.03 bits per heavy atom. The second-order valence-corrected chi connectivity index (χ2v) is 7.68. The van der Waals surface area contributed by atoms with Crippen molar-refractivity contribution in [3.05, 3.63) is 71.8 Å². The molecule has 2 aromatic carbocycles. The van der Waals surface area contributed by atoms with E-state index in [1.165, 1.54) is 5.56 Å². The number of carboxylic acids is 2. The third-order valence-electron chi connectivity index (χ3n) is 4.89. The fourth-order valence-corrected chi connectivity index (χ4v) is 3.08. The van der Waals surface area contributed by atoms with Crippen molar-refractivity contribution >= 4 is 17.9 Å². The first-order chi connectivity index (χ1) is 16.4. The van der Waals surface area contributed by atoms with Gasteiger partial charge in [0.1, 0.15) is 0 Å². The average molecular weight is 472 g/mol. The van der Waals surface area contributed by atoms with Crippen LogP contribution in [-0.2, 0) is 25.5 Å². The van der Waals surface area contributed by atoms with Gasteiger partial charge in [-0.2, -0.15) is 0 Å². The number of carbonyl (C=O) groups is 3. The molecule has 2 N–H and O–H groups in total. The molecule has 0 aliphatic heterocycles. The molecule has 0 amide bonds. The number of ether oxygens (including phenoxy) is 1. The number of hydrogen-bond acceptors (Lipinski definition) is 8. The average Bonchev–Trinajstić information content (AvgIpc) is 2.84. The minimum absolute atomic E-state index is 0.0903. The Hall–Kier alpha value is -3.23. The number of aliphatic hydroxyl groups is 1. The fraction of sp³-hybridized carbons (Fsp3) is 0.423. The van der Waals surface area contributed by atoms with Crippen molar-refractivity contribution in [2.45, 2.75) is 51.0 Å². The zero-order valence-electron chi connectivity index (χ0n) is 19.3. The molecule has 0 radical (unpaired) electrons. The number of nitrogens with one attached hydrogen (secondary N) is 1. The molecule has 0 bridgehead atoms. The van der Waals surface area contributed by atoms with E-state index in [0.29, 0.717) is 19.6 Å². The van der Waals surface area contributed by atoms with E-state index >= 15 is 0 Å². The third kappa shape index (κ3) is 14.8. The summed E-state index contributed by atoms with van der Waals surface area (Å²) in [5.41, 5.74) is 2.21. The van der Waals surface area contributed by atoms with Gasteiger partial charge in [-0.1, -0.05) is 73.5 Å². The van der Waals surface area contributed by atoms with Crippen LogP contribution in [0, 0.1) is 0 Å². The Labute approximate surface area is 200 Å². The van der Waals surface area contributed by atoms with E-state index in [2.05, 4.69) is 17.4 Å². The lowest BCUT2D eigenvalue weighted by Gasteiger charge is -2.12. The van der Waals surface area contributed by atoms with Gasteiger partial charge in [0.05, 0.1) is 24.6 Å². The number of carbonyl (C=O) groups excluding carboxylic acids is 3. The van der Waals surface area contributed by atoms with Crippen LogP contribution in [0.2, 0.25) is 0 Å². The molecule has 34 heavy (non-hydrogen) atoms. The monoisotopic (exact) mass is 471 g/mol. The van der Waals surface area contributed by atoms with Crippen molar-refractivity contribution in [2.24, 2.45) is 0 Å². The predicted octanol–water partition coefficient (Wildman–Crippen LogP) is 0.922. The summed E-state index contributed by atoms with van der Waals surface area (Å²) >= 11 is 0. The van der Waals surface area contributed by atoms with Crippen molar-refractivity contribution in [3.8, 4) is 0 Å². The molecule has 0 aromatic heterocycles. The summed E-state index contributed by atoms with van der Waals surface area (Å²) in [7, 11) is 0. The summed E-state index contributed by atoms with van der Waals surface area (Å²) < 4.78 is 5.30. The lowest BCUT2D eigenvalue weighted by Crippen LogP contribution is -2.42. The smallest absolute Gasteiger partial charge is 0.305 e. The largest absolute Gasteiger partial charge is 0.543 e. The Bertz CT molecular complexity index is 816. The molecule has 0 saturated carbocycles. The van der Waals surface area contributed by atoms with Gasteiger partial charge in [-0.3, -0.25) is 4.79 Å². The van der Waals surface area contributed by atoms with Crippen LogP contribution < -0.4 is 15.5 Å². The Balaban J connectivity index is 0.000000852. The molecule has 0 fully saturated rings. The summed E-state index contributed by atoms with van der Waals surface area (Å²) in [5.74, 6) is -4.46. The van der Waals surface area contributed by atoms with Gasteiger partial charge in [0.2, 0.25) is 0 Å². The molecule has 0 spiro atoms. The van der Waals surface area contributed by atoms with Gasteiger partial charge in [0.15, 0.2) is 0 Å². The van der Waals surface area contributed by atoms with Gasteiger partial charge in [0.25, 0.3) is 0 Å². The van der Waals surface area contributed by atoms with Crippen LogP contribution in [0.1, 0.15) is 55.8 Å². The number of aliphatic hydroxyl groups excluding tert-OH is 1. The Kier molecular flexibility index (Phi) is 15.4. The molecule has 0 aliphatic carbocycles. The number of hydrogen-bond donors (Lipinski definition) is 2. The van der Waals surface area contributed by atoms with Crippen molar-refractivity contribution in [1.29, 1.82) is 0 Å². The second kappa shape index (κ2) is 18.2. The van der Waals surface area contributed by atoms with E-state index in [0.717, 1.165) is 50.6 Å². The van der Waals surface area contributed by atoms with Crippen LogP contribution in [0.3, 0.4) is 0 Å². The van der Waals surface area contributed by atoms with E-state index < -0.39 is 18.0 Å². The minimum Gasteiger partial charge on any atom is -0.543 e. The van der Waals surface area contributed by atoms with Crippen molar-refractivity contribution in [2.75, 3.05) is 19.7 Å². The van der Waals surface area contributed by atoms with Crippen LogP contribution in [0.4, 0.5) is 0 Å². The highest BCUT2D eigenvalue weighted by Crippen LogP contribution is 2.10. The highest BCUT2D eigenvalue weighted by molar-refractivity contribution is 6.25. The molecule has 8 heteroatoms. The van der Waals surface area contributed by atoms with Crippen molar-refractivity contribution < 1.29 is 34.4 Å². The van der Waals surface area contributed by atoms with E-state index in [9.17, 15) is 9.90 Å². The number of carboxylic acid groups (broad SMARTS) is 2. The summed E-state index contributed by atoms with van der Waals surface area (Å²) in [6, 6.07) is 19.9. The minimum atomic E-state index is -2.19. The highest BCUT2D eigenvalue weighted by Gasteiger charge is 2.05. The number of esters is 1. The maximum absolute atomic E-state index is 11.7. The van der Waals surface area contributed by atoms with Gasteiger partial charge >= 0.3 is 5.97 Å². The lowest BCUT2D eigenvalue weighted by molar-refractivity contribution is -0.345. The molecule has 2 rings (SSSR count). The van der Waals surface area contributed by atoms with Crippen LogP contribution in [0.15, 0.2) is 60.7 Å². The molecule has 8 nitrogen and oxygen atoms in total. The second-order valence-electron chi connectivity index (χ2n) is 7.68. The number of aliphatic carboxylic acids is 2. The summed E-state index contributed by atoms with van der Waals surface area (Å²) in [4.78, 5) is 29.6. The summed E-state index contributed by atoms with van der Waals surface area (Å²) in [5, 5.41) is 31.2. The molecule has 2 aromatic rings. The van der Waals surface area contributed by atoms with Crippen LogP contribution in [0.25, 0.3) is 0 Å². The van der Waals surface area contributed by atoms with Gasteiger partial charge in [-0.05, 0) is 43.4 Å². The quantitative estimate of drug-likeness (QED) is 0.236. The third-order valence-corrected chi connectivity index (χ3v) is 4.89. The van der Waals surface area contributed by atoms with Crippen molar-refractivity contribution in [1.82, 2.24) is 5.32 Å². The first-order valence-corrected chi connectivity index (χ1v) is 11.5. The predicted molar refractivity (Wildman–Crippen MR) is 123 cm³/mol. The van der Waals surface area contributed by atoms with Gasteiger partial charge in [-0.15, -0.1) is 0 Å². The van der Waals surface area contributed by atoms with Crippen LogP contribution in [-0.4, -0.2) is 42.7 Å². The standard InChI is InChI=1S/C24H33NO3.C2H2O4/c26-23(22-15-7-4-8-16-22)20-25-18-9-1-2-10-19-28-24(27)17-11-14-21-12-5-3-6-13-21;3-1(4)2(5)6/h3-8,12-13,15-16,23,25-26H,1-2,9-11,14,17-20H2;(H,3,4)(H,5,6)/p-2. The molecular weight excluding hydrogens is 438 g/mol. The first-order valence-electron chi connectivity index (χ1n) is 11.5.